The van der Waals surface area contributed by atoms with Crippen molar-refractivity contribution in [3.63, 3.8) is 0 Å². The van der Waals surface area contributed by atoms with Crippen molar-refractivity contribution in [3.05, 3.63) is 70.7 Å². The second-order valence-corrected chi connectivity index (χ2v) is 6.99. The molecule has 0 spiro atoms. The van der Waals surface area contributed by atoms with Crippen LogP contribution in [0.1, 0.15) is 22.3 Å². The van der Waals surface area contributed by atoms with E-state index >= 15 is 0 Å². The first-order valence-electron chi connectivity index (χ1n) is 8.67. The van der Waals surface area contributed by atoms with Gasteiger partial charge in [0.2, 0.25) is 5.91 Å². The summed E-state index contributed by atoms with van der Waals surface area (Å²) in [5.41, 5.74) is 7.39. The number of hydrogen-bond donors (Lipinski definition) is 2. The summed E-state index contributed by atoms with van der Waals surface area (Å²) in [6.45, 7) is 1.16. The zero-order valence-electron chi connectivity index (χ0n) is 14.4. The minimum atomic E-state index is -0.633. The summed E-state index contributed by atoms with van der Waals surface area (Å²) in [4.78, 5) is 27.3. The smallest absolute Gasteiger partial charge is 0.251 e. The van der Waals surface area contributed by atoms with Gasteiger partial charge in [-0.25, -0.2) is 0 Å². The summed E-state index contributed by atoms with van der Waals surface area (Å²) in [6.07, 6.45) is 1.22. The molecule has 6 heteroatoms. The van der Waals surface area contributed by atoms with E-state index in [1.165, 1.54) is 0 Å². The average molecular weight is 372 g/mol. The highest BCUT2D eigenvalue weighted by molar-refractivity contribution is 6.30. The summed E-state index contributed by atoms with van der Waals surface area (Å²) in [5.74, 6) is -0.386. The van der Waals surface area contributed by atoms with Gasteiger partial charge in [0.1, 0.15) is 6.04 Å². The predicted octanol–water partition coefficient (Wildman–Crippen LogP) is 2.24. The van der Waals surface area contributed by atoms with Crippen LogP contribution in [0.5, 0.6) is 0 Å². The molecule has 0 aromatic heterocycles. The lowest BCUT2D eigenvalue weighted by atomic mass is 10.0. The monoisotopic (exact) mass is 371 g/mol. The second-order valence-electron chi connectivity index (χ2n) is 6.56. The van der Waals surface area contributed by atoms with Crippen LogP contribution in [-0.4, -0.2) is 41.9 Å². The van der Waals surface area contributed by atoms with Gasteiger partial charge in [0, 0.05) is 36.1 Å². The van der Waals surface area contributed by atoms with Gasteiger partial charge in [-0.05, 0) is 36.2 Å². The average Bonchev–Trinajstić information content (AvgIpc) is 3.08. The Bertz CT molecular complexity index is 764. The van der Waals surface area contributed by atoms with Crippen molar-refractivity contribution in [3.8, 4) is 0 Å². The molecular formula is C20H22ClN3O2. The van der Waals surface area contributed by atoms with Gasteiger partial charge in [0.25, 0.3) is 5.91 Å². The molecule has 1 fully saturated rings. The Morgan fingerprint density at radius 1 is 1.15 bits per heavy atom. The van der Waals surface area contributed by atoms with E-state index in [4.69, 9.17) is 17.3 Å². The molecule has 0 radical (unpaired) electrons. The highest BCUT2D eigenvalue weighted by atomic mass is 35.5. The number of likely N-dealkylation sites (tertiary alicyclic amines) is 1. The highest BCUT2D eigenvalue weighted by Gasteiger charge is 2.30. The lowest BCUT2D eigenvalue weighted by molar-refractivity contribution is -0.132. The first-order valence-corrected chi connectivity index (χ1v) is 9.05. The topological polar surface area (TPSA) is 75.4 Å². The van der Waals surface area contributed by atoms with Crippen LogP contribution >= 0.6 is 11.6 Å². The molecule has 0 aliphatic carbocycles. The third-order valence-electron chi connectivity index (χ3n) is 4.53. The van der Waals surface area contributed by atoms with E-state index in [1.807, 2.05) is 30.3 Å². The number of benzene rings is 2. The van der Waals surface area contributed by atoms with Gasteiger partial charge in [-0.1, -0.05) is 41.9 Å². The molecule has 1 unspecified atom stereocenters. The van der Waals surface area contributed by atoms with Gasteiger partial charge in [-0.2, -0.15) is 0 Å². The van der Waals surface area contributed by atoms with Crippen LogP contribution in [0.4, 0.5) is 0 Å². The third kappa shape index (κ3) is 4.62. The number of nitrogens with zero attached hydrogens (tertiary/aromatic N) is 1. The van der Waals surface area contributed by atoms with Crippen molar-refractivity contribution in [1.29, 1.82) is 0 Å². The van der Waals surface area contributed by atoms with E-state index in [2.05, 4.69) is 5.32 Å². The molecule has 2 aromatic carbocycles. The van der Waals surface area contributed by atoms with Crippen LogP contribution in [0.2, 0.25) is 5.02 Å². The van der Waals surface area contributed by atoms with Crippen molar-refractivity contribution in [2.45, 2.75) is 24.9 Å². The Balaban J connectivity index is 1.76. The Labute approximate surface area is 158 Å². The van der Waals surface area contributed by atoms with Gasteiger partial charge in [0.05, 0.1) is 0 Å². The van der Waals surface area contributed by atoms with E-state index in [0.29, 0.717) is 30.1 Å². The zero-order chi connectivity index (χ0) is 18.5. The van der Waals surface area contributed by atoms with Crippen LogP contribution in [0.25, 0.3) is 0 Å². The molecule has 2 atom stereocenters. The maximum atomic E-state index is 13.0. The number of carbonyl (C=O) groups is 2. The number of nitrogens with two attached hydrogens (primary N) is 1. The number of carbonyl (C=O) groups excluding carboxylic acids is 2. The first kappa shape index (κ1) is 18.4. The lowest BCUT2D eigenvalue weighted by Crippen LogP contribution is -2.49. The van der Waals surface area contributed by atoms with Gasteiger partial charge in [-0.3, -0.25) is 9.59 Å². The second kappa shape index (κ2) is 8.34. The molecule has 26 heavy (non-hydrogen) atoms. The van der Waals surface area contributed by atoms with Crippen LogP contribution in [-0.2, 0) is 11.2 Å². The van der Waals surface area contributed by atoms with Crippen molar-refractivity contribution in [2.24, 2.45) is 5.73 Å². The number of hydrogen-bond acceptors (Lipinski definition) is 3. The molecular weight excluding hydrogens is 350 g/mol. The minimum Gasteiger partial charge on any atom is -0.340 e. The van der Waals surface area contributed by atoms with Gasteiger partial charge in [0.15, 0.2) is 0 Å². The Morgan fingerprint density at radius 2 is 1.85 bits per heavy atom. The van der Waals surface area contributed by atoms with E-state index in [9.17, 15) is 9.59 Å². The van der Waals surface area contributed by atoms with Crippen molar-refractivity contribution < 1.29 is 9.59 Å². The summed E-state index contributed by atoms with van der Waals surface area (Å²) in [7, 11) is 0. The zero-order valence-corrected chi connectivity index (χ0v) is 15.2. The molecule has 0 saturated carbocycles. The number of rotatable bonds is 5. The fraction of sp³-hybridized carbons (Fsp3) is 0.300. The molecule has 5 nitrogen and oxygen atoms in total. The van der Waals surface area contributed by atoms with Crippen LogP contribution in [0, 0.1) is 0 Å². The summed E-state index contributed by atoms with van der Waals surface area (Å²) in [5, 5.41) is 3.44. The Morgan fingerprint density at radius 3 is 2.46 bits per heavy atom. The van der Waals surface area contributed by atoms with E-state index < -0.39 is 6.04 Å². The lowest BCUT2D eigenvalue weighted by Gasteiger charge is -2.24. The molecule has 1 heterocycles. The van der Waals surface area contributed by atoms with E-state index in [-0.39, 0.29) is 17.9 Å². The van der Waals surface area contributed by atoms with Crippen LogP contribution < -0.4 is 11.1 Å². The maximum Gasteiger partial charge on any atom is 0.251 e. The van der Waals surface area contributed by atoms with E-state index in [1.54, 1.807) is 29.2 Å². The maximum absolute atomic E-state index is 13.0. The molecule has 1 aliphatic heterocycles. The molecule has 3 rings (SSSR count). The largest absolute Gasteiger partial charge is 0.340 e. The molecule has 1 saturated heterocycles. The normalized spacial score (nSPS) is 17.8. The van der Waals surface area contributed by atoms with E-state index in [0.717, 1.165) is 12.0 Å². The third-order valence-corrected chi connectivity index (χ3v) is 4.78. The van der Waals surface area contributed by atoms with Crippen molar-refractivity contribution in [2.75, 3.05) is 13.1 Å². The highest BCUT2D eigenvalue weighted by Crippen LogP contribution is 2.14. The number of nitrogens with one attached hydrogen (secondary N) is 1. The van der Waals surface area contributed by atoms with Gasteiger partial charge in [-0.15, -0.1) is 0 Å². The summed E-state index contributed by atoms with van der Waals surface area (Å²) >= 11 is 5.88. The summed E-state index contributed by atoms with van der Waals surface area (Å²) < 4.78 is 0. The van der Waals surface area contributed by atoms with Crippen molar-refractivity contribution >= 4 is 23.4 Å². The van der Waals surface area contributed by atoms with Gasteiger partial charge < -0.3 is 16.0 Å². The fourth-order valence-electron chi connectivity index (χ4n) is 3.10. The first-order chi connectivity index (χ1) is 12.5. The standard InChI is InChI=1S/C20H22ClN3O2/c21-16-8-6-15(7-9-16)19(25)23-18(12-14-4-2-1-3-5-14)20(26)24-11-10-17(22)13-24/h1-9,17-18H,10-13,22H2,(H,23,25)/t17-,18?/m1/s1. The Kier molecular flexibility index (Phi) is 5.91. The molecule has 1 aliphatic rings. The molecule has 0 bridgehead atoms. The van der Waals surface area contributed by atoms with Gasteiger partial charge >= 0.3 is 0 Å². The quantitative estimate of drug-likeness (QED) is 0.846. The molecule has 3 N–H and O–H groups in total. The minimum absolute atomic E-state index is 0.00305. The molecule has 2 amide bonds. The molecule has 2 aromatic rings. The van der Waals surface area contributed by atoms with Crippen molar-refractivity contribution in [1.82, 2.24) is 10.2 Å². The fourth-order valence-corrected chi connectivity index (χ4v) is 3.23. The summed E-state index contributed by atoms with van der Waals surface area (Å²) in [6, 6.07) is 15.6. The van der Waals surface area contributed by atoms with Crippen LogP contribution in [0.15, 0.2) is 54.6 Å². The Hall–Kier alpha value is -2.37. The van der Waals surface area contributed by atoms with Crippen LogP contribution in [0.3, 0.4) is 0 Å². The predicted molar refractivity (Wildman–Crippen MR) is 102 cm³/mol. The number of halogens is 1. The molecule has 136 valence electrons. The SMILES string of the molecule is N[C@@H]1CCN(C(=O)C(Cc2ccccc2)NC(=O)c2ccc(Cl)cc2)C1. The number of amides is 2.